The van der Waals surface area contributed by atoms with Crippen molar-refractivity contribution in [2.24, 2.45) is 0 Å². The Labute approximate surface area is 152 Å². The van der Waals surface area contributed by atoms with Gasteiger partial charge in [0, 0.05) is 12.2 Å². The minimum absolute atomic E-state index is 0.714. The van der Waals surface area contributed by atoms with E-state index < -0.39 is 0 Å². The van der Waals surface area contributed by atoms with Crippen LogP contribution in [0.25, 0.3) is 16.8 Å². The minimum Gasteiger partial charge on any atom is -0.381 e. The van der Waals surface area contributed by atoms with Crippen LogP contribution in [0.4, 0.5) is 0 Å². The Kier molecular flexibility index (Phi) is 6.59. The third kappa shape index (κ3) is 5.65. The van der Waals surface area contributed by atoms with Gasteiger partial charge in [-0.05, 0) is 43.0 Å². The fourth-order valence-electron chi connectivity index (χ4n) is 2.39. The van der Waals surface area contributed by atoms with Gasteiger partial charge in [-0.1, -0.05) is 91.1 Å². The number of nitrogens with one attached hydrogen (secondary N) is 1. The van der Waals surface area contributed by atoms with Gasteiger partial charge in [0.1, 0.15) is 0 Å². The summed E-state index contributed by atoms with van der Waals surface area (Å²) in [7, 11) is 0. The Morgan fingerprint density at radius 3 is 2.00 bits per heavy atom. The SMILES string of the molecule is C=C/C(=C\C=C(C)C)CNC(=C)c1ccc(-c2ccc(C)cc2)cc1. The van der Waals surface area contributed by atoms with E-state index in [-0.39, 0.29) is 0 Å². The number of benzene rings is 2. The molecule has 0 aliphatic heterocycles. The van der Waals surface area contributed by atoms with Gasteiger partial charge in [-0.2, -0.15) is 0 Å². The molecule has 0 saturated carbocycles. The number of allylic oxidation sites excluding steroid dienone is 3. The Morgan fingerprint density at radius 2 is 1.48 bits per heavy atom. The zero-order valence-electron chi connectivity index (χ0n) is 15.5. The van der Waals surface area contributed by atoms with Crippen molar-refractivity contribution in [3.8, 4) is 11.1 Å². The summed E-state index contributed by atoms with van der Waals surface area (Å²) in [5.74, 6) is 0. The van der Waals surface area contributed by atoms with Gasteiger partial charge in [0.25, 0.3) is 0 Å². The molecule has 2 aromatic rings. The molecule has 2 aromatic carbocycles. The molecule has 0 spiro atoms. The van der Waals surface area contributed by atoms with Crippen LogP contribution in [-0.4, -0.2) is 6.54 Å². The van der Waals surface area contributed by atoms with E-state index in [0.29, 0.717) is 6.54 Å². The fraction of sp³-hybridized carbons (Fsp3) is 0.167. The zero-order valence-corrected chi connectivity index (χ0v) is 15.5. The van der Waals surface area contributed by atoms with E-state index in [9.17, 15) is 0 Å². The molecule has 0 aliphatic rings. The van der Waals surface area contributed by atoms with Crippen LogP contribution in [0.15, 0.2) is 91.1 Å². The number of hydrogen-bond acceptors (Lipinski definition) is 1. The quantitative estimate of drug-likeness (QED) is 0.588. The maximum Gasteiger partial charge on any atom is 0.0400 e. The molecule has 1 nitrogen and oxygen atoms in total. The van der Waals surface area contributed by atoms with Gasteiger partial charge < -0.3 is 5.32 Å². The van der Waals surface area contributed by atoms with Crippen LogP contribution in [0.5, 0.6) is 0 Å². The highest BCUT2D eigenvalue weighted by molar-refractivity contribution is 5.69. The van der Waals surface area contributed by atoms with Gasteiger partial charge in [0.05, 0.1) is 0 Å². The first-order chi connectivity index (χ1) is 12.0. The van der Waals surface area contributed by atoms with Crippen LogP contribution in [0.3, 0.4) is 0 Å². The van der Waals surface area contributed by atoms with Crippen LogP contribution < -0.4 is 5.32 Å². The minimum atomic E-state index is 0.714. The molecule has 0 atom stereocenters. The lowest BCUT2D eigenvalue weighted by atomic mass is 10.0. The van der Waals surface area contributed by atoms with Crippen molar-refractivity contribution in [2.75, 3.05) is 6.54 Å². The lowest BCUT2D eigenvalue weighted by Gasteiger charge is -2.11. The summed E-state index contributed by atoms with van der Waals surface area (Å²) in [4.78, 5) is 0. The summed E-state index contributed by atoms with van der Waals surface area (Å²) in [6.45, 7) is 15.0. The van der Waals surface area contributed by atoms with E-state index in [1.165, 1.54) is 22.3 Å². The number of rotatable bonds is 7. The average Bonchev–Trinajstić information content (AvgIpc) is 2.62. The van der Waals surface area contributed by atoms with Crippen LogP contribution in [0.2, 0.25) is 0 Å². The van der Waals surface area contributed by atoms with E-state index in [2.05, 4.69) is 99.9 Å². The summed E-state index contributed by atoms with van der Waals surface area (Å²) < 4.78 is 0. The van der Waals surface area contributed by atoms with Crippen molar-refractivity contribution in [1.82, 2.24) is 5.32 Å². The number of hydrogen-bond donors (Lipinski definition) is 1. The predicted octanol–water partition coefficient (Wildman–Crippen LogP) is 6.30. The van der Waals surface area contributed by atoms with Crippen LogP contribution in [-0.2, 0) is 0 Å². The van der Waals surface area contributed by atoms with Crippen LogP contribution >= 0.6 is 0 Å². The van der Waals surface area contributed by atoms with Gasteiger partial charge in [-0.3, -0.25) is 0 Å². The first-order valence-electron chi connectivity index (χ1n) is 8.56. The molecule has 0 saturated heterocycles. The highest BCUT2D eigenvalue weighted by Gasteiger charge is 2.01. The van der Waals surface area contributed by atoms with Crippen molar-refractivity contribution >= 4 is 5.70 Å². The highest BCUT2D eigenvalue weighted by atomic mass is 14.9. The van der Waals surface area contributed by atoms with E-state index in [1.807, 2.05) is 6.08 Å². The molecule has 0 bridgehead atoms. The molecule has 2 rings (SSSR count). The van der Waals surface area contributed by atoms with Gasteiger partial charge in [0.2, 0.25) is 0 Å². The van der Waals surface area contributed by atoms with Crippen molar-refractivity contribution in [2.45, 2.75) is 20.8 Å². The second kappa shape index (κ2) is 8.89. The normalized spacial score (nSPS) is 10.9. The lowest BCUT2D eigenvalue weighted by molar-refractivity contribution is 0.980. The van der Waals surface area contributed by atoms with Gasteiger partial charge in [-0.15, -0.1) is 0 Å². The van der Waals surface area contributed by atoms with Gasteiger partial charge in [0.15, 0.2) is 0 Å². The Bertz CT molecular complexity index is 783. The molecule has 0 aromatic heterocycles. The van der Waals surface area contributed by atoms with Gasteiger partial charge >= 0.3 is 0 Å². The maximum atomic E-state index is 4.15. The molecule has 128 valence electrons. The Balaban J connectivity index is 2.03. The molecule has 0 radical (unpaired) electrons. The highest BCUT2D eigenvalue weighted by Crippen LogP contribution is 2.22. The predicted molar refractivity (Wildman–Crippen MR) is 111 cm³/mol. The molecular formula is C24H27N. The standard InChI is InChI=1S/C24H27N/c1-6-21(10-7-18(2)3)17-25-20(5)22-13-15-24(16-14-22)23-11-8-19(4)9-12-23/h6-16,25H,1,5,17H2,2-4H3/b21-10+. The van der Waals surface area contributed by atoms with Crippen molar-refractivity contribution in [3.05, 3.63) is 102 Å². The van der Waals surface area contributed by atoms with Crippen molar-refractivity contribution in [1.29, 1.82) is 0 Å². The second-order valence-electron chi connectivity index (χ2n) is 6.47. The largest absolute Gasteiger partial charge is 0.381 e. The summed E-state index contributed by atoms with van der Waals surface area (Å²) >= 11 is 0. The summed E-state index contributed by atoms with van der Waals surface area (Å²) in [5, 5.41) is 3.38. The molecule has 1 N–H and O–H groups in total. The molecule has 0 unspecified atom stereocenters. The third-order valence-electron chi connectivity index (χ3n) is 4.02. The van der Waals surface area contributed by atoms with E-state index in [4.69, 9.17) is 0 Å². The lowest BCUT2D eigenvalue weighted by Crippen LogP contribution is -2.14. The van der Waals surface area contributed by atoms with Gasteiger partial charge in [-0.25, -0.2) is 0 Å². The monoisotopic (exact) mass is 329 g/mol. The molecule has 0 amide bonds. The summed E-state index contributed by atoms with van der Waals surface area (Å²) in [6.07, 6.45) is 6.06. The average molecular weight is 329 g/mol. The molecule has 0 heterocycles. The van der Waals surface area contributed by atoms with E-state index in [0.717, 1.165) is 16.8 Å². The van der Waals surface area contributed by atoms with Crippen molar-refractivity contribution < 1.29 is 0 Å². The van der Waals surface area contributed by atoms with Crippen molar-refractivity contribution in [3.63, 3.8) is 0 Å². The fourth-order valence-corrected chi connectivity index (χ4v) is 2.39. The molecule has 1 heteroatoms. The second-order valence-corrected chi connectivity index (χ2v) is 6.47. The first-order valence-corrected chi connectivity index (χ1v) is 8.56. The Morgan fingerprint density at radius 1 is 0.920 bits per heavy atom. The Hall–Kier alpha value is -2.80. The third-order valence-corrected chi connectivity index (χ3v) is 4.02. The first kappa shape index (κ1) is 18.5. The molecular weight excluding hydrogens is 302 g/mol. The maximum absolute atomic E-state index is 4.15. The summed E-state index contributed by atoms with van der Waals surface area (Å²) in [5.41, 5.74) is 8.14. The molecule has 0 aliphatic carbocycles. The van der Waals surface area contributed by atoms with E-state index >= 15 is 0 Å². The molecule has 25 heavy (non-hydrogen) atoms. The van der Waals surface area contributed by atoms with E-state index in [1.54, 1.807) is 0 Å². The topological polar surface area (TPSA) is 12.0 Å². The zero-order chi connectivity index (χ0) is 18.2. The number of aryl methyl sites for hydroxylation is 1. The van der Waals surface area contributed by atoms with Crippen LogP contribution in [0, 0.1) is 6.92 Å². The van der Waals surface area contributed by atoms with Crippen LogP contribution in [0.1, 0.15) is 25.0 Å². The smallest absolute Gasteiger partial charge is 0.0400 e. The summed E-state index contributed by atoms with van der Waals surface area (Å²) in [6, 6.07) is 17.1. The molecule has 0 fully saturated rings.